The number of hydrogen-bond acceptors (Lipinski definition) is 8. The quantitative estimate of drug-likeness (QED) is 0.320. The number of anilines is 5. The van der Waals surface area contributed by atoms with Crippen LogP contribution in [0.5, 0.6) is 0 Å². The minimum atomic E-state index is -0.114. The lowest BCUT2D eigenvalue weighted by Crippen LogP contribution is -2.46. The van der Waals surface area contributed by atoms with Crippen LogP contribution in [0.4, 0.5) is 28.8 Å². The number of carbonyl (C=O) groups is 1. The maximum absolute atomic E-state index is 12.0. The van der Waals surface area contributed by atoms with Crippen molar-refractivity contribution in [3.05, 3.63) is 65.4 Å². The number of nitrogens with one attached hydrogen (secondary N) is 1. The summed E-state index contributed by atoms with van der Waals surface area (Å²) in [6.07, 6.45) is 3.16. The van der Waals surface area contributed by atoms with Gasteiger partial charge in [0, 0.05) is 68.3 Å². The molecule has 2 aromatic heterocycles. The van der Waals surface area contributed by atoms with Crippen molar-refractivity contribution in [3.63, 3.8) is 0 Å². The zero-order chi connectivity index (χ0) is 27.5. The van der Waals surface area contributed by atoms with Crippen LogP contribution in [0.3, 0.4) is 0 Å². The summed E-state index contributed by atoms with van der Waals surface area (Å²) in [7, 11) is 0. The topological polar surface area (TPSA) is 93.3 Å². The first-order chi connectivity index (χ1) is 18.9. The molecule has 10 heteroatoms. The number of rotatable bonds is 7. The Hall–Kier alpha value is -4.13. The number of nitrogens with zero attached hydrogens (tertiary/aromatic N) is 7. The molecule has 0 saturated carbocycles. The first-order valence-electron chi connectivity index (χ1n) is 13.1. The zero-order valence-electron chi connectivity index (χ0n) is 22.4. The minimum absolute atomic E-state index is 0.114. The largest absolute Gasteiger partial charge is 0.369 e. The number of nitriles is 1. The van der Waals surface area contributed by atoms with Crippen LogP contribution >= 0.6 is 11.6 Å². The highest BCUT2D eigenvalue weighted by Gasteiger charge is 2.19. The molecular weight excluding hydrogens is 512 g/mol. The molecule has 1 saturated heterocycles. The standard InChI is InChI=1S/C29H31ClN8O/c1-4-35-12-14-36(15-13-35)23-8-6-22(7-9-23)33-29-32-18-21(17-31)28(34-29)37(5-2)24-10-11-27-25(16-24)26(30)19-38(27)20(3)39/h6-11,16,18-19H,4-5,12-15H2,1-3H3,(H,32,33,34). The van der Waals surface area contributed by atoms with E-state index in [9.17, 15) is 10.1 Å². The van der Waals surface area contributed by atoms with Gasteiger partial charge in [0.2, 0.25) is 11.9 Å². The van der Waals surface area contributed by atoms with E-state index in [2.05, 4.69) is 45.2 Å². The van der Waals surface area contributed by atoms with Crippen LogP contribution in [0.2, 0.25) is 5.02 Å². The van der Waals surface area contributed by atoms with Crippen molar-refractivity contribution >= 4 is 57.2 Å². The molecule has 3 heterocycles. The molecule has 9 nitrogen and oxygen atoms in total. The Kier molecular flexibility index (Phi) is 7.68. The third kappa shape index (κ3) is 5.39. The van der Waals surface area contributed by atoms with Gasteiger partial charge in [-0.15, -0.1) is 0 Å². The van der Waals surface area contributed by atoms with Gasteiger partial charge >= 0.3 is 0 Å². The number of aromatic nitrogens is 3. The highest BCUT2D eigenvalue weighted by Crippen LogP contribution is 2.34. The van der Waals surface area contributed by atoms with Gasteiger partial charge in [0.15, 0.2) is 5.82 Å². The molecule has 4 aromatic rings. The summed E-state index contributed by atoms with van der Waals surface area (Å²) in [4.78, 5) is 27.9. The van der Waals surface area contributed by atoms with Gasteiger partial charge in [0.25, 0.3) is 0 Å². The summed E-state index contributed by atoms with van der Waals surface area (Å²) < 4.78 is 1.53. The zero-order valence-corrected chi connectivity index (χ0v) is 23.1. The molecule has 5 rings (SSSR count). The van der Waals surface area contributed by atoms with E-state index in [1.165, 1.54) is 23.4 Å². The van der Waals surface area contributed by atoms with E-state index in [0.717, 1.165) is 55.0 Å². The second-order valence-corrected chi connectivity index (χ2v) is 9.85. The first-order valence-corrected chi connectivity index (χ1v) is 13.5. The van der Waals surface area contributed by atoms with Crippen LogP contribution in [-0.4, -0.2) is 64.6 Å². The molecule has 0 spiro atoms. The fraction of sp³-hybridized carbons (Fsp3) is 0.310. The van der Waals surface area contributed by atoms with E-state index >= 15 is 0 Å². The lowest BCUT2D eigenvalue weighted by molar-refractivity contribution is 0.0941. The number of hydrogen-bond donors (Lipinski definition) is 1. The number of benzene rings is 2. The van der Waals surface area contributed by atoms with Gasteiger partial charge in [0.1, 0.15) is 11.6 Å². The van der Waals surface area contributed by atoms with Crippen molar-refractivity contribution < 1.29 is 4.79 Å². The minimum Gasteiger partial charge on any atom is -0.369 e. The molecule has 0 bridgehead atoms. The Morgan fingerprint density at radius 2 is 1.87 bits per heavy atom. The Bertz CT molecular complexity index is 1530. The number of halogens is 1. The van der Waals surface area contributed by atoms with Crippen LogP contribution in [0.1, 0.15) is 31.1 Å². The Morgan fingerprint density at radius 1 is 1.13 bits per heavy atom. The van der Waals surface area contributed by atoms with Crippen molar-refractivity contribution in [2.75, 3.05) is 54.4 Å². The molecular formula is C29H31ClN8O. The predicted octanol–water partition coefficient (Wildman–Crippen LogP) is 5.66. The third-order valence-electron chi connectivity index (χ3n) is 7.16. The van der Waals surface area contributed by atoms with E-state index in [1.54, 1.807) is 6.20 Å². The van der Waals surface area contributed by atoms with E-state index in [0.29, 0.717) is 28.9 Å². The predicted molar refractivity (Wildman–Crippen MR) is 157 cm³/mol. The van der Waals surface area contributed by atoms with Crippen LogP contribution in [0.15, 0.2) is 54.9 Å². The molecule has 0 aliphatic carbocycles. The van der Waals surface area contributed by atoms with Gasteiger partial charge in [-0.3, -0.25) is 9.36 Å². The molecule has 1 N–H and O–H groups in total. The van der Waals surface area contributed by atoms with E-state index in [-0.39, 0.29) is 5.91 Å². The van der Waals surface area contributed by atoms with Crippen LogP contribution in [0, 0.1) is 11.3 Å². The van der Waals surface area contributed by atoms with Crippen LogP contribution in [-0.2, 0) is 0 Å². The Morgan fingerprint density at radius 3 is 2.51 bits per heavy atom. The first kappa shape index (κ1) is 26.5. The maximum Gasteiger partial charge on any atom is 0.229 e. The molecule has 1 fully saturated rings. The van der Waals surface area contributed by atoms with Crippen LogP contribution in [0.25, 0.3) is 10.9 Å². The SMILES string of the molecule is CCN1CCN(c2ccc(Nc3ncc(C#N)c(N(CC)c4ccc5c(c4)c(Cl)cn5C(C)=O)n3)cc2)CC1. The third-order valence-corrected chi connectivity index (χ3v) is 7.46. The monoisotopic (exact) mass is 542 g/mol. The molecule has 0 unspecified atom stereocenters. The summed E-state index contributed by atoms with van der Waals surface area (Å²) in [5, 5.41) is 14.3. The van der Waals surface area contributed by atoms with Crippen molar-refractivity contribution in [2.24, 2.45) is 0 Å². The normalized spacial score (nSPS) is 13.9. The number of fused-ring (bicyclic) bond motifs is 1. The smallest absolute Gasteiger partial charge is 0.229 e. The van der Waals surface area contributed by atoms with Crippen molar-refractivity contribution in [2.45, 2.75) is 20.8 Å². The van der Waals surface area contributed by atoms with Crippen LogP contribution < -0.4 is 15.1 Å². The van der Waals surface area contributed by atoms with Crippen molar-refractivity contribution in [1.29, 1.82) is 5.26 Å². The van der Waals surface area contributed by atoms with Gasteiger partial charge in [-0.05, 0) is 55.9 Å². The lowest BCUT2D eigenvalue weighted by atomic mass is 10.2. The number of piperazine rings is 1. The molecule has 0 amide bonds. The van der Waals surface area contributed by atoms with Gasteiger partial charge in [-0.2, -0.15) is 10.2 Å². The molecule has 1 aliphatic rings. The molecule has 200 valence electrons. The maximum atomic E-state index is 12.0. The number of likely N-dealkylation sites (N-methyl/N-ethyl adjacent to an activating group) is 1. The molecule has 39 heavy (non-hydrogen) atoms. The Balaban J connectivity index is 1.39. The average Bonchev–Trinajstić information content (AvgIpc) is 3.30. The van der Waals surface area contributed by atoms with Gasteiger partial charge in [-0.25, -0.2) is 4.98 Å². The lowest BCUT2D eigenvalue weighted by Gasteiger charge is -2.35. The van der Waals surface area contributed by atoms with E-state index in [1.807, 2.05) is 42.2 Å². The summed E-state index contributed by atoms with van der Waals surface area (Å²) >= 11 is 6.45. The van der Waals surface area contributed by atoms with Gasteiger partial charge < -0.3 is 20.0 Å². The molecule has 0 atom stereocenters. The van der Waals surface area contributed by atoms with E-state index < -0.39 is 0 Å². The summed E-state index contributed by atoms with van der Waals surface area (Å²) in [5.41, 5.74) is 3.96. The number of carbonyl (C=O) groups excluding carboxylic acids is 1. The molecule has 2 aromatic carbocycles. The highest BCUT2D eigenvalue weighted by atomic mass is 35.5. The van der Waals surface area contributed by atoms with E-state index in [4.69, 9.17) is 16.6 Å². The highest BCUT2D eigenvalue weighted by molar-refractivity contribution is 6.36. The molecule has 1 aliphatic heterocycles. The van der Waals surface area contributed by atoms with Gasteiger partial charge in [-0.1, -0.05) is 18.5 Å². The summed E-state index contributed by atoms with van der Waals surface area (Å²) in [6, 6.07) is 16.1. The fourth-order valence-corrected chi connectivity index (χ4v) is 5.23. The molecule has 0 radical (unpaired) electrons. The Labute approximate surface area is 233 Å². The average molecular weight is 543 g/mol. The second-order valence-electron chi connectivity index (χ2n) is 9.45. The summed E-state index contributed by atoms with van der Waals surface area (Å²) in [6.45, 7) is 11.5. The second kappa shape index (κ2) is 11.3. The van der Waals surface area contributed by atoms with Crippen molar-refractivity contribution in [1.82, 2.24) is 19.4 Å². The van der Waals surface area contributed by atoms with Crippen molar-refractivity contribution in [3.8, 4) is 6.07 Å². The fourth-order valence-electron chi connectivity index (χ4n) is 4.99. The van der Waals surface area contributed by atoms with Gasteiger partial charge in [0.05, 0.1) is 16.7 Å². The summed E-state index contributed by atoms with van der Waals surface area (Å²) in [5.74, 6) is 0.773.